The summed E-state index contributed by atoms with van der Waals surface area (Å²) >= 11 is 0. The molecule has 3 aromatic carbocycles. The van der Waals surface area contributed by atoms with Crippen molar-refractivity contribution in [3.05, 3.63) is 88.5 Å². The molecule has 5 aromatic rings. The van der Waals surface area contributed by atoms with Gasteiger partial charge in [-0.25, -0.2) is 9.18 Å². The maximum atomic E-state index is 13.1. The Labute approximate surface area is 167 Å². The molecule has 0 spiro atoms. The Morgan fingerprint density at radius 1 is 0.900 bits per heavy atom. The molecule has 0 unspecified atom stereocenters. The van der Waals surface area contributed by atoms with Crippen molar-refractivity contribution in [3.63, 3.8) is 0 Å². The number of benzene rings is 3. The van der Waals surface area contributed by atoms with Crippen LogP contribution in [0.1, 0.15) is 10.4 Å². The van der Waals surface area contributed by atoms with Gasteiger partial charge in [0.15, 0.2) is 0 Å². The molecule has 146 valence electrons. The number of carbonyl (C=O) groups is 1. The summed E-state index contributed by atoms with van der Waals surface area (Å²) in [7, 11) is 0. The van der Waals surface area contributed by atoms with Gasteiger partial charge >= 0.3 is 11.6 Å². The first-order valence-corrected chi connectivity index (χ1v) is 8.95. The summed E-state index contributed by atoms with van der Waals surface area (Å²) in [5.74, 6) is -1.04. The fraction of sp³-hybridized carbons (Fsp3) is 0. The second kappa shape index (κ2) is 6.93. The zero-order valence-corrected chi connectivity index (χ0v) is 15.3. The van der Waals surface area contributed by atoms with Crippen molar-refractivity contribution in [2.24, 2.45) is 0 Å². The van der Waals surface area contributed by atoms with Crippen LogP contribution in [-0.4, -0.2) is 16.1 Å². The van der Waals surface area contributed by atoms with Crippen molar-refractivity contribution in [1.82, 2.24) is 10.2 Å². The van der Waals surface area contributed by atoms with Crippen LogP contribution in [0, 0.1) is 5.82 Å². The third-order valence-electron chi connectivity index (χ3n) is 4.62. The minimum atomic E-state index is -0.784. The zero-order valence-electron chi connectivity index (χ0n) is 15.3. The average Bonchev–Trinajstić information content (AvgIpc) is 3.22. The Balaban J connectivity index is 1.49. The second-order valence-corrected chi connectivity index (χ2v) is 6.52. The Morgan fingerprint density at radius 3 is 2.53 bits per heavy atom. The van der Waals surface area contributed by atoms with Gasteiger partial charge in [-0.05, 0) is 47.2 Å². The molecule has 1 amide bonds. The number of nitrogens with one attached hydrogen (secondary N) is 1. The molecule has 5 rings (SSSR count). The molecule has 0 aliphatic rings. The molecule has 0 atom stereocenters. The molecule has 2 aromatic heterocycles. The van der Waals surface area contributed by atoms with Crippen LogP contribution in [-0.2, 0) is 0 Å². The van der Waals surface area contributed by atoms with E-state index in [1.54, 1.807) is 6.07 Å². The largest absolute Gasteiger partial charge is 0.422 e. The van der Waals surface area contributed by atoms with E-state index in [0.717, 1.165) is 10.8 Å². The number of carbonyl (C=O) groups excluding carboxylic acids is 1. The first-order chi connectivity index (χ1) is 14.6. The molecular weight excluding hydrogens is 389 g/mol. The van der Waals surface area contributed by atoms with Gasteiger partial charge < -0.3 is 8.83 Å². The molecule has 0 saturated heterocycles. The SMILES string of the molecule is O=C(Nc1nnc(-c2ccc(F)cc2)o1)c1cc2c(ccc3ccccc32)oc1=O. The molecule has 0 aliphatic heterocycles. The molecule has 2 heterocycles. The van der Waals surface area contributed by atoms with Gasteiger partial charge in [-0.2, -0.15) is 0 Å². The van der Waals surface area contributed by atoms with Crippen LogP contribution in [0.25, 0.3) is 33.2 Å². The molecular formula is C22H12FN3O4. The lowest BCUT2D eigenvalue weighted by Gasteiger charge is -2.05. The topological polar surface area (TPSA) is 98.2 Å². The number of anilines is 1. The minimum Gasteiger partial charge on any atom is -0.422 e. The predicted octanol–water partition coefficient (Wildman–Crippen LogP) is 4.39. The number of aromatic nitrogens is 2. The normalized spacial score (nSPS) is 11.1. The molecule has 0 radical (unpaired) electrons. The summed E-state index contributed by atoms with van der Waals surface area (Å²) < 4.78 is 23.8. The number of nitrogens with zero attached hydrogens (tertiary/aromatic N) is 2. The lowest BCUT2D eigenvalue weighted by atomic mass is 10.0. The maximum absolute atomic E-state index is 13.1. The van der Waals surface area contributed by atoms with E-state index < -0.39 is 17.3 Å². The minimum absolute atomic E-state index is 0.0989. The van der Waals surface area contributed by atoms with Crippen molar-refractivity contribution in [2.75, 3.05) is 5.32 Å². The third kappa shape index (κ3) is 3.10. The highest BCUT2D eigenvalue weighted by atomic mass is 19.1. The molecule has 0 aliphatic carbocycles. The highest BCUT2D eigenvalue weighted by Gasteiger charge is 2.18. The van der Waals surface area contributed by atoms with Gasteiger partial charge in [0.1, 0.15) is 17.0 Å². The second-order valence-electron chi connectivity index (χ2n) is 6.52. The van der Waals surface area contributed by atoms with E-state index in [4.69, 9.17) is 8.83 Å². The molecule has 0 fully saturated rings. The van der Waals surface area contributed by atoms with Crippen LogP contribution in [0.4, 0.5) is 10.4 Å². The van der Waals surface area contributed by atoms with Crippen LogP contribution >= 0.6 is 0 Å². The number of rotatable bonds is 3. The first-order valence-electron chi connectivity index (χ1n) is 8.95. The van der Waals surface area contributed by atoms with E-state index in [2.05, 4.69) is 15.5 Å². The fourth-order valence-electron chi connectivity index (χ4n) is 3.18. The van der Waals surface area contributed by atoms with E-state index in [-0.39, 0.29) is 17.5 Å². The quantitative estimate of drug-likeness (QED) is 0.356. The summed E-state index contributed by atoms with van der Waals surface area (Å²) in [5.41, 5.74) is -0.110. The van der Waals surface area contributed by atoms with Gasteiger partial charge in [0.2, 0.25) is 5.89 Å². The van der Waals surface area contributed by atoms with Gasteiger partial charge in [-0.1, -0.05) is 35.4 Å². The van der Waals surface area contributed by atoms with E-state index in [1.165, 1.54) is 30.3 Å². The molecule has 7 nitrogen and oxygen atoms in total. The predicted molar refractivity (Wildman–Crippen MR) is 108 cm³/mol. The Bertz CT molecular complexity index is 1470. The van der Waals surface area contributed by atoms with Crippen molar-refractivity contribution in [3.8, 4) is 11.5 Å². The van der Waals surface area contributed by atoms with Crippen LogP contribution in [0.3, 0.4) is 0 Å². The standard InChI is InChI=1S/C22H12FN3O4/c23-14-8-5-13(6-9-14)20-25-26-22(30-20)24-19(27)17-11-16-15-4-2-1-3-12(15)7-10-18(16)29-21(17)28/h1-11H,(H,24,26,27). The number of hydrogen-bond donors (Lipinski definition) is 1. The van der Waals surface area contributed by atoms with Crippen molar-refractivity contribution < 1.29 is 18.0 Å². The van der Waals surface area contributed by atoms with E-state index in [1.807, 2.05) is 30.3 Å². The summed E-state index contributed by atoms with van der Waals surface area (Å²) in [6.07, 6.45) is 0. The monoisotopic (exact) mass is 401 g/mol. The van der Waals surface area contributed by atoms with Gasteiger partial charge in [-0.3, -0.25) is 10.1 Å². The summed E-state index contributed by atoms with van der Waals surface area (Å²) in [6.45, 7) is 0. The van der Waals surface area contributed by atoms with E-state index >= 15 is 0 Å². The summed E-state index contributed by atoms with van der Waals surface area (Å²) in [6, 6.07) is 17.8. The maximum Gasteiger partial charge on any atom is 0.349 e. The van der Waals surface area contributed by atoms with Crippen LogP contribution in [0.5, 0.6) is 0 Å². The number of amides is 1. The highest BCUT2D eigenvalue weighted by Crippen LogP contribution is 2.25. The average molecular weight is 401 g/mol. The highest BCUT2D eigenvalue weighted by molar-refractivity contribution is 6.10. The smallest absolute Gasteiger partial charge is 0.349 e. The first kappa shape index (κ1) is 17.7. The van der Waals surface area contributed by atoms with Gasteiger partial charge in [0.25, 0.3) is 5.91 Å². The molecule has 0 saturated carbocycles. The van der Waals surface area contributed by atoms with Crippen molar-refractivity contribution in [1.29, 1.82) is 0 Å². The van der Waals surface area contributed by atoms with E-state index in [9.17, 15) is 14.0 Å². The van der Waals surface area contributed by atoms with E-state index in [0.29, 0.717) is 16.5 Å². The summed E-state index contributed by atoms with van der Waals surface area (Å²) in [4.78, 5) is 25.0. The Kier molecular flexibility index (Phi) is 4.10. The molecule has 8 heteroatoms. The lowest BCUT2D eigenvalue weighted by molar-refractivity contribution is 0.102. The zero-order chi connectivity index (χ0) is 20.7. The van der Waals surface area contributed by atoms with Crippen molar-refractivity contribution >= 4 is 33.7 Å². The van der Waals surface area contributed by atoms with Crippen LogP contribution in [0.15, 0.2) is 80.4 Å². The third-order valence-corrected chi connectivity index (χ3v) is 4.62. The van der Waals surface area contributed by atoms with Gasteiger partial charge in [0.05, 0.1) is 0 Å². The number of hydrogen-bond acceptors (Lipinski definition) is 6. The van der Waals surface area contributed by atoms with Crippen LogP contribution < -0.4 is 10.9 Å². The number of fused-ring (bicyclic) bond motifs is 3. The molecule has 1 N–H and O–H groups in total. The lowest BCUT2D eigenvalue weighted by Crippen LogP contribution is -2.20. The van der Waals surface area contributed by atoms with Gasteiger partial charge in [-0.15, -0.1) is 5.10 Å². The molecule has 30 heavy (non-hydrogen) atoms. The summed E-state index contributed by atoms with van der Waals surface area (Å²) in [5, 5.41) is 12.4. The van der Waals surface area contributed by atoms with Crippen molar-refractivity contribution in [2.45, 2.75) is 0 Å². The Morgan fingerprint density at radius 2 is 1.70 bits per heavy atom. The van der Waals surface area contributed by atoms with Gasteiger partial charge in [0, 0.05) is 10.9 Å². The number of halogens is 1. The Hall–Kier alpha value is -4.33. The van der Waals surface area contributed by atoms with Crippen LogP contribution in [0.2, 0.25) is 0 Å². The fourth-order valence-corrected chi connectivity index (χ4v) is 3.18. The molecule has 0 bridgehead atoms.